The van der Waals surface area contributed by atoms with Gasteiger partial charge >= 0.3 is 0 Å². The fourth-order valence-corrected chi connectivity index (χ4v) is 4.64. The molecule has 0 aromatic heterocycles. The average molecular weight is 514 g/mol. The van der Waals surface area contributed by atoms with Crippen LogP contribution in [0.1, 0.15) is 65.7 Å². The molecule has 1 saturated heterocycles. The lowest BCUT2D eigenvalue weighted by molar-refractivity contribution is 0.0723. The Morgan fingerprint density at radius 3 is 1.87 bits per heavy atom. The number of benzene rings is 3. The number of nitrogens with zero attached hydrogens (tertiary/aromatic N) is 3. The number of hydrogen-bond acceptors (Lipinski definition) is 4. The van der Waals surface area contributed by atoms with Gasteiger partial charge in [0.25, 0.3) is 5.91 Å². The first kappa shape index (κ1) is 30.5. The van der Waals surface area contributed by atoms with Crippen LogP contribution in [0.15, 0.2) is 66.2 Å². The molecule has 0 radical (unpaired) electrons. The van der Waals surface area contributed by atoms with Crippen molar-refractivity contribution in [2.24, 2.45) is 4.99 Å². The van der Waals surface area contributed by atoms with Crippen LogP contribution in [0.3, 0.4) is 0 Å². The van der Waals surface area contributed by atoms with Crippen LogP contribution in [0.2, 0.25) is 0 Å². The van der Waals surface area contributed by atoms with E-state index >= 15 is 0 Å². The summed E-state index contributed by atoms with van der Waals surface area (Å²) in [4.78, 5) is 29.9. The van der Waals surface area contributed by atoms with E-state index in [1.54, 1.807) is 0 Å². The van der Waals surface area contributed by atoms with Gasteiger partial charge in [0.1, 0.15) is 11.8 Å². The molecule has 0 spiro atoms. The van der Waals surface area contributed by atoms with Gasteiger partial charge < -0.3 is 9.80 Å². The number of likely N-dealkylation sites (N-methyl/N-ethyl adjacent to an activating group) is 1. The quantitative estimate of drug-likeness (QED) is 0.354. The lowest BCUT2D eigenvalue weighted by Gasteiger charge is -2.27. The second-order valence-corrected chi connectivity index (χ2v) is 9.51. The fraction of sp³-hybridized carbons (Fsp3) is 0.394. The van der Waals surface area contributed by atoms with Crippen LogP contribution in [-0.2, 0) is 4.79 Å². The van der Waals surface area contributed by atoms with E-state index in [-0.39, 0.29) is 5.91 Å². The molecule has 3 aromatic carbocycles. The van der Waals surface area contributed by atoms with Crippen LogP contribution in [0.25, 0.3) is 10.8 Å². The number of hydrogen-bond donors (Lipinski definition) is 0. The first-order valence-electron chi connectivity index (χ1n) is 13.6. The van der Waals surface area contributed by atoms with E-state index in [1.165, 1.54) is 34.3 Å². The average Bonchev–Trinajstić information content (AvgIpc) is 3.36. The molecule has 5 nitrogen and oxygen atoms in total. The van der Waals surface area contributed by atoms with Crippen molar-refractivity contribution in [3.8, 4) is 0 Å². The maximum atomic E-state index is 12.6. The molecule has 1 fully saturated rings. The van der Waals surface area contributed by atoms with Crippen LogP contribution in [0.5, 0.6) is 0 Å². The normalized spacial score (nSPS) is 14.1. The highest BCUT2D eigenvalue weighted by atomic mass is 16.2. The number of amides is 1. The van der Waals surface area contributed by atoms with E-state index in [0.29, 0.717) is 0 Å². The van der Waals surface area contributed by atoms with Gasteiger partial charge in [-0.05, 0) is 75.1 Å². The number of aryl methyl sites for hydroxylation is 3. The lowest BCUT2D eigenvalue weighted by Crippen LogP contribution is -2.36. The molecule has 5 heteroatoms. The molecule has 0 bridgehead atoms. The maximum absolute atomic E-state index is 12.6. The van der Waals surface area contributed by atoms with Crippen LogP contribution in [0, 0.1) is 20.8 Å². The van der Waals surface area contributed by atoms with Crippen LogP contribution >= 0.6 is 0 Å². The van der Waals surface area contributed by atoms with Crippen molar-refractivity contribution in [3.05, 3.63) is 89.0 Å². The lowest BCUT2D eigenvalue weighted by atomic mass is 10.0. The van der Waals surface area contributed by atoms with Gasteiger partial charge in [-0.25, -0.2) is 4.79 Å². The number of carbonyl (C=O) groups excluding carboxylic acids is 2. The summed E-state index contributed by atoms with van der Waals surface area (Å²) in [5.74, 6) is 2.47. The third-order valence-corrected chi connectivity index (χ3v) is 6.57. The standard InChI is InChI=1S/C17H23N3O.C12H12.C2H2O.C2H6/c1-13-12-14(16-18-8-11-19(16)2)6-7-15(13)17(21)20-9-4-3-5-10-20;1-9-3-5-12-8-10(2)4-6-11(12)7-9;1-2-3;1-2/h6-7,12H,3-5,8-11H2,1-2H3;3-8H,1-2H3;1H2;1-2H3. The van der Waals surface area contributed by atoms with Gasteiger partial charge in [0, 0.05) is 37.8 Å². The van der Waals surface area contributed by atoms with E-state index < -0.39 is 0 Å². The summed E-state index contributed by atoms with van der Waals surface area (Å²) < 4.78 is 0. The smallest absolute Gasteiger partial charge is 0.254 e. The van der Waals surface area contributed by atoms with E-state index in [9.17, 15) is 4.79 Å². The molecular formula is C33H43N3O2. The maximum Gasteiger partial charge on any atom is 0.254 e. The van der Waals surface area contributed by atoms with Crippen molar-refractivity contribution in [1.82, 2.24) is 9.80 Å². The summed E-state index contributed by atoms with van der Waals surface area (Å²) >= 11 is 0. The molecule has 3 aromatic rings. The Hall–Kier alpha value is -3.69. The molecule has 0 atom stereocenters. The Kier molecular flexibility index (Phi) is 12.5. The van der Waals surface area contributed by atoms with Crippen molar-refractivity contribution in [1.29, 1.82) is 0 Å². The van der Waals surface area contributed by atoms with Crippen LogP contribution in [-0.4, -0.2) is 60.7 Å². The first-order valence-corrected chi connectivity index (χ1v) is 13.6. The molecule has 2 aliphatic rings. The summed E-state index contributed by atoms with van der Waals surface area (Å²) in [5.41, 5.74) is 5.65. The number of aliphatic imine (C=N–C) groups is 1. The van der Waals surface area contributed by atoms with Crippen LogP contribution < -0.4 is 0 Å². The molecule has 2 heterocycles. The number of rotatable bonds is 2. The van der Waals surface area contributed by atoms with Crippen molar-refractivity contribution >= 4 is 28.5 Å². The Labute approximate surface area is 228 Å². The molecule has 2 aliphatic heterocycles. The Balaban J connectivity index is 0.000000252. The minimum atomic E-state index is 0.181. The second kappa shape index (κ2) is 15.5. The minimum Gasteiger partial charge on any atom is -0.358 e. The molecule has 0 aliphatic carbocycles. The van der Waals surface area contributed by atoms with Gasteiger partial charge in [0.15, 0.2) is 0 Å². The third-order valence-electron chi connectivity index (χ3n) is 6.57. The number of fused-ring (bicyclic) bond motifs is 1. The highest BCUT2D eigenvalue weighted by molar-refractivity contribution is 6.02. The van der Waals surface area contributed by atoms with E-state index in [2.05, 4.69) is 79.8 Å². The number of piperidine rings is 1. The minimum absolute atomic E-state index is 0.181. The van der Waals surface area contributed by atoms with Gasteiger partial charge in [-0.3, -0.25) is 9.79 Å². The summed E-state index contributed by atoms with van der Waals surface area (Å²) in [6.07, 6.45) is 3.50. The molecule has 0 saturated carbocycles. The molecule has 0 N–H and O–H groups in total. The van der Waals surface area contributed by atoms with Gasteiger partial charge in [0.2, 0.25) is 0 Å². The predicted molar refractivity (Wildman–Crippen MR) is 161 cm³/mol. The van der Waals surface area contributed by atoms with Crippen LogP contribution in [0.4, 0.5) is 0 Å². The summed E-state index contributed by atoms with van der Waals surface area (Å²) in [5, 5.41) is 2.67. The molecule has 5 rings (SSSR count). The summed E-state index contributed by atoms with van der Waals surface area (Å²) in [6, 6.07) is 19.2. The predicted octanol–water partition coefficient (Wildman–Crippen LogP) is 6.80. The number of likely N-dealkylation sites (tertiary alicyclic amines) is 1. The molecule has 0 unspecified atom stereocenters. The molecule has 202 valence electrons. The van der Waals surface area contributed by atoms with Gasteiger partial charge in [0.05, 0.1) is 6.54 Å². The monoisotopic (exact) mass is 513 g/mol. The Bertz CT molecular complexity index is 1230. The van der Waals surface area contributed by atoms with Gasteiger partial charge in [-0.2, -0.15) is 0 Å². The van der Waals surface area contributed by atoms with E-state index in [1.807, 2.05) is 37.8 Å². The first-order chi connectivity index (χ1) is 18.3. The molecule has 38 heavy (non-hydrogen) atoms. The van der Waals surface area contributed by atoms with Crippen molar-refractivity contribution < 1.29 is 9.59 Å². The molecule has 1 amide bonds. The zero-order chi connectivity index (χ0) is 28.1. The largest absolute Gasteiger partial charge is 0.358 e. The van der Waals surface area contributed by atoms with Crippen molar-refractivity contribution in [3.63, 3.8) is 0 Å². The number of amidine groups is 1. The third kappa shape index (κ3) is 8.43. The van der Waals surface area contributed by atoms with Crippen molar-refractivity contribution in [2.45, 2.75) is 53.9 Å². The zero-order valence-corrected chi connectivity index (χ0v) is 24.0. The highest BCUT2D eigenvalue weighted by Crippen LogP contribution is 2.19. The van der Waals surface area contributed by atoms with E-state index in [0.717, 1.165) is 61.5 Å². The summed E-state index contributed by atoms with van der Waals surface area (Å²) in [6.45, 7) is 16.6. The highest BCUT2D eigenvalue weighted by Gasteiger charge is 2.21. The Morgan fingerprint density at radius 1 is 0.842 bits per heavy atom. The summed E-state index contributed by atoms with van der Waals surface area (Å²) in [7, 11) is 2.06. The second-order valence-electron chi connectivity index (χ2n) is 9.51. The van der Waals surface area contributed by atoms with Crippen molar-refractivity contribution in [2.75, 3.05) is 33.2 Å². The Morgan fingerprint density at radius 2 is 1.39 bits per heavy atom. The van der Waals surface area contributed by atoms with Gasteiger partial charge in [-0.1, -0.05) is 67.4 Å². The SMILES string of the molecule is C=C=O.CC.Cc1cc(C2=NCCN2C)ccc1C(=O)N1CCCCC1.Cc1ccc2cc(C)ccc2c1. The topological polar surface area (TPSA) is 53.0 Å². The van der Waals surface area contributed by atoms with E-state index in [4.69, 9.17) is 4.79 Å². The van der Waals surface area contributed by atoms with Gasteiger partial charge in [-0.15, -0.1) is 0 Å². The zero-order valence-electron chi connectivity index (χ0n) is 24.0. The fourth-order valence-electron chi connectivity index (χ4n) is 4.64. The molecular weight excluding hydrogens is 470 g/mol. The number of carbonyl (C=O) groups is 1.